The summed E-state index contributed by atoms with van der Waals surface area (Å²) in [5, 5.41) is 9.95. The Labute approximate surface area is 133 Å². The van der Waals surface area contributed by atoms with Crippen molar-refractivity contribution < 1.29 is 19.4 Å². The predicted molar refractivity (Wildman–Crippen MR) is 83.5 cm³/mol. The highest BCUT2D eigenvalue weighted by Gasteiger charge is 2.22. The quantitative estimate of drug-likeness (QED) is 0.688. The Morgan fingerprint density at radius 1 is 1.14 bits per heavy atom. The topological polar surface area (TPSA) is 63.6 Å². The Kier molecular flexibility index (Phi) is 4.83. The number of carbonyl (C=O) groups is 2. The number of ketones is 1. The minimum atomic E-state index is -0.964. The minimum absolute atomic E-state index is 0.0731. The molecule has 0 spiro atoms. The average Bonchev–Trinajstić information content (AvgIpc) is 2.49. The summed E-state index contributed by atoms with van der Waals surface area (Å²) in [5.41, 5.74) is 1.42. The molecule has 22 heavy (non-hydrogen) atoms. The highest BCUT2D eigenvalue weighted by molar-refractivity contribution is 6.31. The zero-order valence-electron chi connectivity index (χ0n) is 12.2. The van der Waals surface area contributed by atoms with Gasteiger partial charge in [-0.2, -0.15) is 0 Å². The molecule has 4 nitrogen and oxygen atoms in total. The first-order valence-corrected chi connectivity index (χ1v) is 7.06. The summed E-state index contributed by atoms with van der Waals surface area (Å²) >= 11 is 5.78. The lowest BCUT2D eigenvalue weighted by Gasteiger charge is -2.13. The fourth-order valence-corrected chi connectivity index (χ4v) is 2.07. The molecule has 0 bridgehead atoms. The summed E-state index contributed by atoms with van der Waals surface area (Å²) in [6.07, 6.45) is -0.964. The van der Waals surface area contributed by atoms with Crippen LogP contribution in [0.15, 0.2) is 42.5 Å². The van der Waals surface area contributed by atoms with Gasteiger partial charge in [0.1, 0.15) is 11.3 Å². The number of Topliss-reactive ketones (excluding diaryl/α,β-unsaturated/α-hetero) is 1. The number of benzene rings is 2. The van der Waals surface area contributed by atoms with Crippen molar-refractivity contribution in [2.24, 2.45) is 0 Å². The average molecular weight is 319 g/mol. The van der Waals surface area contributed by atoms with Crippen LogP contribution < -0.4 is 0 Å². The highest BCUT2D eigenvalue weighted by Crippen LogP contribution is 2.23. The van der Waals surface area contributed by atoms with Gasteiger partial charge in [0.15, 0.2) is 6.10 Å². The van der Waals surface area contributed by atoms with Crippen LogP contribution in [0.2, 0.25) is 5.02 Å². The van der Waals surface area contributed by atoms with Gasteiger partial charge in [-0.25, -0.2) is 4.79 Å². The largest absolute Gasteiger partial charge is 0.507 e. The first-order chi connectivity index (χ1) is 10.4. The molecule has 2 rings (SSSR count). The molecule has 114 valence electrons. The third-order valence-electron chi connectivity index (χ3n) is 3.17. The maximum atomic E-state index is 12.2. The van der Waals surface area contributed by atoms with E-state index in [9.17, 15) is 14.7 Å². The Balaban J connectivity index is 2.12. The van der Waals surface area contributed by atoms with Crippen LogP contribution in [0.3, 0.4) is 0 Å². The van der Waals surface area contributed by atoms with Gasteiger partial charge in [0.2, 0.25) is 5.78 Å². The van der Waals surface area contributed by atoms with E-state index < -0.39 is 12.1 Å². The van der Waals surface area contributed by atoms with Crippen molar-refractivity contribution in [1.29, 1.82) is 0 Å². The molecule has 0 saturated heterocycles. The molecule has 1 atom stereocenters. The maximum absolute atomic E-state index is 12.2. The number of aromatic hydroxyl groups is 1. The fourth-order valence-electron chi connectivity index (χ4n) is 1.90. The molecular formula is C17H15ClO4. The van der Waals surface area contributed by atoms with Crippen molar-refractivity contribution in [2.45, 2.75) is 20.0 Å². The number of hydrogen-bond donors (Lipinski definition) is 1. The molecular weight excluding hydrogens is 304 g/mol. The molecule has 0 radical (unpaired) electrons. The summed E-state index contributed by atoms with van der Waals surface area (Å²) < 4.78 is 5.11. The van der Waals surface area contributed by atoms with Crippen LogP contribution in [-0.4, -0.2) is 23.0 Å². The zero-order valence-corrected chi connectivity index (χ0v) is 12.9. The molecule has 0 heterocycles. The SMILES string of the molecule is Cc1ccc(C(=O)[C@H](C)OC(=O)c2cc(Cl)ccc2O)cc1. The lowest BCUT2D eigenvalue weighted by molar-refractivity contribution is 0.0316. The molecule has 0 saturated carbocycles. The van der Waals surface area contributed by atoms with Crippen molar-refractivity contribution in [3.8, 4) is 5.75 Å². The van der Waals surface area contributed by atoms with E-state index in [0.29, 0.717) is 10.6 Å². The minimum Gasteiger partial charge on any atom is -0.507 e. The molecule has 0 unspecified atom stereocenters. The predicted octanol–water partition coefficient (Wildman–Crippen LogP) is 3.78. The molecule has 2 aromatic carbocycles. The molecule has 0 aliphatic heterocycles. The van der Waals surface area contributed by atoms with E-state index in [4.69, 9.17) is 16.3 Å². The van der Waals surface area contributed by atoms with Crippen LogP contribution in [0.4, 0.5) is 0 Å². The molecule has 5 heteroatoms. The van der Waals surface area contributed by atoms with Gasteiger partial charge in [-0.15, -0.1) is 0 Å². The first-order valence-electron chi connectivity index (χ1n) is 6.69. The highest BCUT2D eigenvalue weighted by atomic mass is 35.5. The summed E-state index contributed by atoms with van der Waals surface area (Å²) in [6, 6.07) is 11.0. The van der Waals surface area contributed by atoms with E-state index in [1.54, 1.807) is 12.1 Å². The van der Waals surface area contributed by atoms with Gasteiger partial charge in [-0.05, 0) is 32.0 Å². The van der Waals surface area contributed by atoms with Gasteiger partial charge in [0, 0.05) is 10.6 Å². The second kappa shape index (κ2) is 6.62. The number of carbonyl (C=O) groups excluding carboxylic acids is 2. The van der Waals surface area contributed by atoms with Gasteiger partial charge in [0.05, 0.1) is 0 Å². The van der Waals surface area contributed by atoms with Gasteiger partial charge >= 0.3 is 5.97 Å². The molecule has 0 aliphatic rings. The molecule has 2 aromatic rings. The fraction of sp³-hybridized carbons (Fsp3) is 0.176. The summed E-state index contributed by atoms with van der Waals surface area (Å²) in [5.74, 6) is -1.35. The Hall–Kier alpha value is -2.33. The number of rotatable bonds is 4. The van der Waals surface area contributed by atoms with Crippen LogP contribution in [-0.2, 0) is 4.74 Å². The zero-order chi connectivity index (χ0) is 16.3. The Bertz CT molecular complexity index is 707. The summed E-state index contributed by atoms with van der Waals surface area (Å²) in [6.45, 7) is 3.40. The van der Waals surface area contributed by atoms with Crippen LogP contribution >= 0.6 is 11.6 Å². The van der Waals surface area contributed by atoms with E-state index in [0.717, 1.165) is 5.56 Å². The number of hydrogen-bond acceptors (Lipinski definition) is 4. The van der Waals surface area contributed by atoms with Crippen LogP contribution in [0.25, 0.3) is 0 Å². The van der Waals surface area contributed by atoms with Gasteiger partial charge < -0.3 is 9.84 Å². The number of esters is 1. The normalized spacial score (nSPS) is 11.8. The smallest absolute Gasteiger partial charge is 0.342 e. The number of ether oxygens (including phenoxy) is 1. The number of halogens is 1. The third-order valence-corrected chi connectivity index (χ3v) is 3.40. The van der Waals surface area contributed by atoms with Gasteiger partial charge in [-0.3, -0.25) is 4.79 Å². The molecule has 0 amide bonds. The van der Waals surface area contributed by atoms with E-state index in [-0.39, 0.29) is 17.1 Å². The van der Waals surface area contributed by atoms with Crippen LogP contribution in [0.5, 0.6) is 5.75 Å². The second-order valence-corrected chi connectivity index (χ2v) is 5.38. The molecule has 0 aromatic heterocycles. The monoisotopic (exact) mass is 318 g/mol. The third kappa shape index (κ3) is 3.65. The molecule has 0 aliphatic carbocycles. The molecule has 1 N–H and O–H groups in total. The number of phenolic OH excluding ortho intramolecular Hbond substituents is 1. The van der Waals surface area contributed by atoms with E-state index >= 15 is 0 Å². The van der Waals surface area contributed by atoms with Gasteiger partial charge in [0.25, 0.3) is 0 Å². The van der Waals surface area contributed by atoms with Crippen LogP contribution in [0, 0.1) is 6.92 Å². The van der Waals surface area contributed by atoms with E-state index in [1.807, 2.05) is 19.1 Å². The van der Waals surface area contributed by atoms with Gasteiger partial charge in [-0.1, -0.05) is 41.4 Å². The number of phenols is 1. The first kappa shape index (κ1) is 16.0. The van der Waals surface area contributed by atoms with E-state index in [1.165, 1.54) is 25.1 Å². The lowest BCUT2D eigenvalue weighted by Crippen LogP contribution is -2.24. The van der Waals surface area contributed by atoms with Crippen molar-refractivity contribution in [3.05, 3.63) is 64.2 Å². The van der Waals surface area contributed by atoms with Crippen molar-refractivity contribution in [1.82, 2.24) is 0 Å². The Morgan fingerprint density at radius 2 is 1.77 bits per heavy atom. The number of aryl methyl sites for hydroxylation is 1. The second-order valence-electron chi connectivity index (χ2n) is 4.94. The summed E-state index contributed by atoms with van der Waals surface area (Å²) in [4.78, 5) is 24.2. The maximum Gasteiger partial charge on any atom is 0.342 e. The lowest BCUT2D eigenvalue weighted by atomic mass is 10.1. The van der Waals surface area contributed by atoms with E-state index in [2.05, 4.69) is 0 Å². The standard InChI is InChI=1S/C17H15ClO4/c1-10-3-5-12(6-4-10)16(20)11(2)22-17(21)14-9-13(18)7-8-15(14)19/h3-9,11,19H,1-2H3/t11-/m0/s1. The van der Waals surface area contributed by atoms with Crippen molar-refractivity contribution in [2.75, 3.05) is 0 Å². The van der Waals surface area contributed by atoms with Crippen LogP contribution in [0.1, 0.15) is 33.2 Å². The Morgan fingerprint density at radius 3 is 2.41 bits per heavy atom. The van der Waals surface area contributed by atoms with Crippen molar-refractivity contribution >= 4 is 23.4 Å². The summed E-state index contributed by atoms with van der Waals surface area (Å²) in [7, 11) is 0. The van der Waals surface area contributed by atoms with Crippen molar-refractivity contribution in [3.63, 3.8) is 0 Å². The molecule has 0 fully saturated rings.